The number of rotatable bonds is 1. The molecule has 0 unspecified atom stereocenters. The molecule has 0 fully saturated rings. The maximum absolute atomic E-state index is 12.9. The van der Waals surface area contributed by atoms with E-state index in [0.717, 1.165) is 12.1 Å². The van der Waals surface area contributed by atoms with Crippen LogP contribution in [0, 0.1) is 23.5 Å². The molecule has 0 aromatic heterocycles. The number of Topliss-reactive ketones (excluding diaryl/α,β-unsaturated/α-hetero) is 1. The van der Waals surface area contributed by atoms with E-state index in [0.29, 0.717) is 5.02 Å². The Hall–Kier alpha value is -2.18. The topological polar surface area (TPSA) is 17.1 Å². The highest BCUT2D eigenvalue weighted by Crippen LogP contribution is 2.15. The lowest BCUT2D eigenvalue weighted by Gasteiger charge is -1.96. The smallest absolute Gasteiger partial charge is 0.237 e. The van der Waals surface area contributed by atoms with Gasteiger partial charge in [0.25, 0.3) is 0 Å². The van der Waals surface area contributed by atoms with Gasteiger partial charge in [-0.25, -0.2) is 8.78 Å². The van der Waals surface area contributed by atoms with Crippen molar-refractivity contribution in [3.8, 4) is 11.8 Å². The Labute approximate surface area is 113 Å². The second-order valence-electron chi connectivity index (χ2n) is 3.69. The molecule has 0 aliphatic carbocycles. The minimum absolute atomic E-state index is 0.222. The van der Waals surface area contributed by atoms with E-state index in [1.165, 1.54) is 6.07 Å². The van der Waals surface area contributed by atoms with Crippen molar-refractivity contribution in [2.75, 3.05) is 0 Å². The number of benzene rings is 2. The summed E-state index contributed by atoms with van der Waals surface area (Å²) in [7, 11) is 0. The molecule has 0 N–H and O–H groups in total. The standard InChI is InChI=1S/C15H7ClF2O/c16-12-4-2-1-3-11(12)15(19)8-6-10-5-7-13(17)14(18)9-10/h1-5,7,9H. The molecule has 0 saturated heterocycles. The Morgan fingerprint density at radius 2 is 1.79 bits per heavy atom. The van der Waals surface area contributed by atoms with Crippen LogP contribution in [0.5, 0.6) is 0 Å². The van der Waals surface area contributed by atoms with Crippen molar-refractivity contribution in [2.24, 2.45) is 0 Å². The minimum atomic E-state index is -1.00. The van der Waals surface area contributed by atoms with E-state index in [9.17, 15) is 13.6 Å². The lowest BCUT2D eigenvalue weighted by molar-refractivity contribution is 0.105. The highest BCUT2D eigenvalue weighted by molar-refractivity contribution is 6.35. The van der Waals surface area contributed by atoms with E-state index in [-0.39, 0.29) is 11.1 Å². The average Bonchev–Trinajstić information content (AvgIpc) is 2.40. The van der Waals surface area contributed by atoms with Crippen molar-refractivity contribution in [1.82, 2.24) is 0 Å². The Bertz CT molecular complexity index is 699. The molecule has 0 atom stereocenters. The van der Waals surface area contributed by atoms with Gasteiger partial charge in [-0.3, -0.25) is 4.79 Å². The van der Waals surface area contributed by atoms with Crippen LogP contribution in [0.2, 0.25) is 5.02 Å². The Morgan fingerprint density at radius 1 is 1.05 bits per heavy atom. The van der Waals surface area contributed by atoms with Crippen LogP contribution in [0.15, 0.2) is 42.5 Å². The number of carbonyl (C=O) groups excluding carboxylic acids is 1. The van der Waals surface area contributed by atoms with Crippen molar-refractivity contribution in [1.29, 1.82) is 0 Å². The second kappa shape index (κ2) is 5.64. The lowest BCUT2D eigenvalue weighted by Crippen LogP contribution is -1.95. The van der Waals surface area contributed by atoms with Crippen LogP contribution in [0.25, 0.3) is 0 Å². The largest absolute Gasteiger partial charge is 0.279 e. The molecule has 0 spiro atoms. The third-order valence-corrected chi connectivity index (χ3v) is 2.69. The Kier molecular flexibility index (Phi) is 3.94. The van der Waals surface area contributed by atoms with Gasteiger partial charge >= 0.3 is 0 Å². The minimum Gasteiger partial charge on any atom is -0.279 e. The van der Waals surface area contributed by atoms with E-state index in [1.807, 2.05) is 0 Å². The molecule has 0 aliphatic rings. The summed E-state index contributed by atoms with van der Waals surface area (Å²) < 4.78 is 25.6. The molecule has 0 heterocycles. The molecule has 94 valence electrons. The summed E-state index contributed by atoms with van der Waals surface area (Å²) in [4.78, 5) is 11.8. The van der Waals surface area contributed by atoms with Gasteiger partial charge in [-0.2, -0.15) is 0 Å². The molecule has 0 aliphatic heterocycles. The first kappa shape index (κ1) is 13.3. The van der Waals surface area contributed by atoms with E-state index in [2.05, 4.69) is 11.8 Å². The molecule has 0 bridgehead atoms. The molecule has 2 rings (SSSR count). The number of carbonyl (C=O) groups is 1. The number of ketones is 1. The molecule has 0 saturated carbocycles. The van der Waals surface area contributed by atoms with Crippen LogP contribution >= 0.6 is 11.6 Å². The number of halogens is 3. The summed E-state index contributed by atoms with van der Waals surface area (Å²) in [6, 6.07) is 9.67. The van der Waals surface area contributed by atoms with Crippen LogP contribution < -0.4 is 0 Å². The summed E-state index contributed by atoms with van der Waals surface area (Å²) in [5.74, 6) is 2.38. The molecule has 4 heteroatoms. The second-order valence-corrected chi connectivity index (χ2v) is 4.10. The predicted molar refractivity (Wildman–Crippen MR) is 69.0 cm³/mol. The molecular formula is C15H7ClF2O. The first-order chi connectivity index (χ1) is 9.08. The van der Waals surface area contributed by atoms with Crippen LogP contribution in [0.4, 0.5) is 8.78 Å². The van der Waals surface area contributed by atoms with Crippen LogP contribution in [0.3, 0.4) is 0 Å². The summed E-state index contributed by atoms with van der Waals surface area (Å²) in [5.41, 5.74) is 0.499. The van der Waals surface area contributed by atoms with Crippen molar-refractivity contribution in [3.05, 3.63) is 70.2 Å². The SMILES string of the molecule is O=C(C#Cc1ccc(F)c(F)c1)c1ccccc1Cl. The van der Waals surface area contributed by atoms with Crippen LogP contribution in [0.1, 0.15) is 15.9 Å². The van der Waals surface area contributed by atoms with E-state index < -0.39 is 17.4 Å². The number of hydrogen-bond donors (Lipinski definition) is 0. The zero-order valence-electron chi connectivity index (χ0n) is 9.58. The van der Waals surface area contributed by atoms with Gasteiger partial charge in [0.1, 0.15) is 0 Å². The fourth-order valence-electron chi connectivity index (χ4n) is 1.42. The predicted octanol–water partition coefficient (Wildman–Crippen LogP) is 3.85. The summed E-state index contributed by atoms with van der Waals surface area (Å²) in [6.45, 7) is 0. The van der Waals surface area contributed by atoms with Gasteiger partial charge in [0.2, 0.25) is 5.78 Å². The fraction of sp³-hybridized carbons (Fsp3) is 0. The van der Waals surface area contributed by atoms with Gasteiger partial charge in [-0.05, 0) is 36.3 Å². The lowest BCUT2D eigenvalue weighted by atomic mass is 10.1. The van der Waals surface area contributed by atoms with Gasteiger partial charge in [-0.15, -0.1) is 0 Å². The summed E-state index contributed by atoms with van der Waals surface area (Å²) in [5, 5.41) is 0.298. The maximum Gasteiger partial charge on any atom is 0.237 e. The Morgan fingerprint density at radius 3 is 2.47 bits per heavy atom. The molecular weight excluding hydrogens is 270 g/mol. The zero-order chi connectivity index (χ0) is 13.8. The van der Waals surface area contributed by atoms with Crippen LogP contribution in [-0.2, 0) is 0 Å². The quantitative estimate of drug-likeness (QED) is 0.571. The highest BCUT2D eigenvalue weighted by atomic mass is 35.5. The molecule has 0 radical (unpaired) electrons. The van der Waals surface area contributed by atoms with Gasteiger partial charge < -0.3 is 0 Å². The van der Waals surface area contributed by atoms with Crippen LogP contribution in [-0.4, -0.2) is 5.78 Å². The molecule has 2 aromatic rings. The van der Waals surface area contributed by atoms with Crippen molar-refractivity contribution >= 4 is 17.4 Å². The van der Waals surface area contributed by atoms with E-state index in [4.69, 9.17) is 11.6 Å². The van der Waals surface area contributed by atoms with Crippen molar-refractivity contribution in [2.45, 2.75) is 0 Å². The van der Waals surface area contributed by atoms with E-state index >= 15 is 0 Å². The van der Waals surface area contributed by atoms with Gasteiger partial charge in [0, 0.05) is 11.1 Å². The average molecular weight is 277 g/mol. The molecule has 1 nitrogen and oxygen atoms in total. The summed E-state index contributed by atoms with van der Waals surface area (Å²) in [6.07, 6.45) is 0. The zero-order valence-corrected chi connectivity index (χ0v) is 10.3. The van der Waals surface area contributed by atoms with Gasteiger partial charge in [-0.1, -0.05) is 29.7 Å². The third kappa shape index (κ3) is 3.18. The first-order valence-corrected chi connectivity index (χ1v) is 5.71. The summed E-state index contributed by atoms with van der Waals surface area (Å²) >= 11 is 5.85. The van der Waals surface area contributed by atoms with Gasteiger partial charge in [0.15, 0.2) is 11.6 Å². The van der Waals surface area contributed by atoms with Crippen molar-refractivity contribution in [3.63, 3.8) is 0 Å². The third-order valence-electron chi connectivity index (χ3n) is 2.36. The fourth-order valence-corrected chi connectivity index (χ4v) is 1.64. The molecule has 19 heavy (non-hydrogen) atoms. The maximum atomic E-state index is 12.9. The van der Waals surface area contributed by atoms with E-state index in [1.54, 1.807) is 24.3 Å². The highest BCUT2D eigenvalue weighted by Gasteiger charge is 2.06. The van der Waals surface area contributed by atoms with Crippen molar-refractivity contribution < 1.29 is 13.6 Å². The Balaban J connectivity index is 2.27. The first-order valence-electron chi connectivity index (χ1n) is 5.34. The monoisotopic (exact) mass is 276 g/mol. The molecule has 2 aromatic carbocycles. The molecule has 0 amide bonds. The number of hydrogen-bond acceptors (Lipinski definition) is 1. The normalized spacial score (nSPS) is 9.63. The van der Waals surface area contributed by atoms with Gasteiger partial charge in [0.05, 0.1) is 5.02 Å².